The highest BCUT2D eigenvalue weighted by Crippen LogP contribution is 2.72. The van der Waals surface area contributed by atoms with Gasteiger partial charge < -0.3 is 14.7 Å². The number of aryl methyl sites for hydroxylation is 1. The number of benzene rings is 2. The molecule has 2 amide bonds. The number of fused-ring (bicyclic) bond motifs is 2. The molecule has 2 N–H and O–H groups in total. The van der Waals surface area contributed by atoms with Gasteiger partial charge in [-0.15, -0.1) is 0 Å². The predicted octanol–water partition coefficient (Wildman–Crippen LogP) is 8.91. The molecule has 5 aliphatic rings. The summed E-state index contributed by atoms with van der Waals surface area (Å²) in [5.74, 6) is -1.09. The van der Waals surface area contributed by atoms with Gasteiger partial charge in [0.05, 0.1) is 34.3 Å². The highest BCUT2D eigenvalue weighted by molar-refractivity contribution is 7.22. The number of urea groups is 1. The zero-order chi connectivity index (χ0) is 39.0. The first kappa shape index (κ1) is 37.0. The second kappa shape index (κ2) is 13.5. The van der Waals surface area contributed by atoms with Gasteiger partial charge in [-0.25, -0.2) is 19.6 Å². The number of thiazole rings is 1. The van der Waals surface area contributed by atoms with Crippen LogP contribution in [0.25, 0.3) is 32.6 Å². The summed E-state index contributed by atoms with van der Waals surface area (Å²) in [4.78, 5) is 39.8. The number of carboxylic acid groups (broad SMARTS) is 1. The van der Waals surface area contributed by atoms with Crippen molar-refractivity contribution in [1.82, 2.24) is 24.6 Å². The van der Waals surface area contributed by atoms with Gasteiger partial charge in [-0.1, -0.05) is 49.4 Å². The van der Waals surface area contributed by atoms with E-state index in [-0.39, 0.29) is 33.6 Å². The van der Waals surface area contributed by atoms with Gasteiger partial charge in [-0.3, -0.25) is 14.9 Å². The number of nitrogens with one attached hydrogen (secondary N) is 1. The van der Waals surface area contributed by atoms with Crippen LogP contribution in [0.2, 0.25) is 0 Å². The molecule has 56 heavy (non-hydrogen) atoms. The molecular weight excluding hydrogens is 723 g/mol. The number of para-hydroxylation sites is 1. The number of carboxylic acids is 1. The van der Waals surface area contributed by atoms with Gasteiger partial charge in [0.1, 0.15) is 0 Å². The topological polar surface area (TPSA) is 126 Å². The summed E-state index contributed by atoms with van der Waals surface area (Å²) >= 11 is 1.45. The molecule has 2 aromatic carbocycles. The number of hydrogen-bond acceptors (Lipinski definition) is 8. The Morgan fingerprint density at radius 3 is 2.50 bits per heavy atom. The number of pyridine rings is 1. The van der Waals surface area contributed by atoms with E-state index in [0.29, 0.717) is 22.9 Å². The predicted molar refractivity (Wildman–Crippen MR) is 220 cm³/mol. The summed E-state index contributed by atoms with van der Waals surface area (Å²) < 4.78 is 9.98. The number of amides is 2. The number of aromatic carboxylic acids is 1. The maximum atomic E-state index is 13.6. The monoisotopic (exact) mass is 773 g/mol. The quantitative estimate of drug-likeness (QED) is 0.144. The lowest BCUT2D eigenvalue weighted by Crippen LogP contribution is -2.64. The van der Waals surface area contributed by atoms with Crippen LogP contribution in [-0.4, -0.2) is 81.1 Å². The molecule has 5 aromatic rings. The molecule has 10 rings (SSSR count). The van der Waals surface area contributed by atoms with E-state index in [2.05, 4.69) is 47.8 Å². The van der Waals surface area contributed by atoms with Crippen molar-refractivity contribution in [2.24, 2.45) is 16.2 Å². The van der Waals surface area contributed by atoms with Crippen molar-refractivity contribution in [3.8, 4) is 22.4 Å². The number of carbonyl (C=O) groups excluding carboxylic acids is 1. The van der Waals surface area contributed by atoms with Crippen molar-refractivity contribution < 1.29 is 19.4 Å². The molecule has 12 heteroatoms. The van der Waals surface area contributed by atoms with Crippen molar-refractivity contribution in [3.05, 3.63) is 77.7 Å². The molecule has 1 aliphatic heterocycles. The second-order valence-corrected chi connectivity index (χ2v) is 19.3. The number of nitrogens with zero attached hydrogens (tertiary/aromatic N) is 6. The summed E-state index contributed by atoms with van der Waals surface area (Å²) in [5.41, 5.74) is 6.66. The lowest BCUT2D eigenvalue weighted by Gasteiger charge is -2.69. The van der Waals surface area contributed by atoms with E-state index in [9.17, 15) is 14.7 Å². The van der Waals surface area contributed by atoms with Crippen molar-refractivity contribution >= 4 is 44.4 Å². The van der Waals surface area contributed by atoms with E-state index < -0.39 is 5.97 Å². The van der Waals surface area contributed by atoms with E-state index in [1.54, 1.807) is 4.90 Å². The third-order valence-corrected chi connectivity index (χ3v) is 13.8. The van der Waals surface area contributed by atoms with Crippen LogP contribution >= 0.6 is 11.3 Å². The molecule has 11 nitrogen and oxygen atoms in total. The Morgan fingerprint density at radius 2 is 1.75 bits per heavy atom. The van der Waals surface area contributed by atoms with Crippen LogP contribution in [0.15, 0.2) is 60.8 Å². The highest BCUT2D eigenvalue weighted by Gasteiger charge is 2.66. The standard InChI is InChI=1S/C44H51N7O4S/c1-28-32(20-45-51(28)27-43-22-41(2)21-42(3,23-43)25-44(24-41,26-43)55-18-17-49(4)5)31-14-15-33(46-37(31)38(52)53)30-13-12-29-9-8-16-50(35(29)19-30)40(54)48-39-47-34-10-6-7-11-36(34)56-39/h6-7,10-15,19-20H,8-9,16-18,21-27H2,1-5H3,(H,52,53)(H,47,48,54). The molecule has 3 aromatic heterocycles. The molecule has 4 bridgehead atoms. The Hall–Kier alpha value is -4.65. The Morgan fingerprint density at radius 1 is 0.964 bits per heavy atom. The zero-order valence-electron chi connectivity index (χ0n) is 33.0. The summed E-state index contributed by atoms with van der Waals surface area (Å²) in [6.07, 6.45) is 10.3. The van der Waals surface area contributed by atoms with Crippen molar-refractivity contribution in [2.45, 2.75) is 84.3 Å². The van der Waals surface area contributed by atoms with E-state index >= 15 is 0 Å². The number of rotatable bonds is 10. The van der Waals surface area contributed by atoms with Crippen molar-refractivity contribution in [2.75, 3.05) is 44.0 Å². The zero-order valence-corrected chi connectivity index (χ0v) is 33.8. The number of likely N-dealkylation sites (N-methyl/N-ethyl adjacent to an activating group) is 1. The summed E-state index contributed by atoms with van der Waals surface area (Å²) in [6, 6.07) is 17.3. The molecule has 4 saturated carbocycles. The van der Waals surface area contributed by atoms with Crippen molar-refractivity contribution in [1.29, 1.82) is 0 Å². The maximum Gasteiger partial charge on any atom is 0.355 e. The third kappa shape index (κ3) is 6.69. The molecule has 2 unspecified atom stereocenters. The molecule has 2 atom stereocenters. The minimum atomic E-state index is -1.09. The molecule has 0 saturated heterocycles. The Labute approximate surface area is 332 Å². The molecule has 0 spiro atoms. The second-order valence-electron chi connectivity index (χ2n) is 18.2. The molecule has 4 aliphatic carbocycles. The van der Waals surface area contributed by atoms with Crippen LogP contribution in [0, 0.1) is 23.2 Å². The SMILES string of the molecule is Cc1c(-c2ccc(-c3ccc4c(c3)N(C(=O)Nc3nc5ccccc5s3)CCC4)nc2C(=O)O)cnn1CC12CC3(C)CC(C)(C1)CC(OCCN(C)C)(C3)C2. The van der Waals surface area contributed by atoms with E-state index in [1.807, 2.05) is 67.7 Å². The lowest BCUT2D eigenvalue weighted by atomic mass is 9.39. The smallest absolute Gasteiger partial charge is 0.355 e. The van der Waals surface area contributed by atoms with Crippen molar-refractivity contribution in [3.63, 3.8) is 0 Å². The largest absolute Gasteiger partial charge is 0.476 e. The number of hydrogen-bond donors (Lipinski definition) is 2. The Bertz CT molecular complexity index is 2310. The van der Waals surface area contributed by atoms with Gasteiger partial charge >= 0.3 is 12.0 Å². The van der Waals surface area contributed by atoms with Gasteiger partial charge in [-0.05, 0) is 125 Å². The van der Waals surface area contributed by atoms with Gasteiger partial charge in [0.25, 0.3) is 0 Å². The van der Waals surface area contributed by atoms with Crippen LogP contribution in [-0.2, 0) is 17.7 Å². The number of carbonyl (C=O) groups is 2. The minimum Gasteiger partial charge on any atom is -0.476 e. The normalized spacial score (nSPS) is 26.6. The van der Waals surface area contributed by atoms with Crippen LogP contribution in [0.3, 0.4) is 0 Å². The molecule has 4 fully saturated rings. The highest BCUT2D eigenvalue weighted by atomic mass is 32.1. The lowest BCUT2D eigenvalue weighted by molar-refractivity contribution is -0.248. The minimum absolute atomic E-state index is 0.0172. The van der Waals surface area contributed by atoms with E-state index in [1.165, 1.54) is 17.8 Å². The molecule has 4 heterocycles. The first-order valence-electron chi connectivity index (χ1n) is 19.9. The first-order valence-corrected chi connectivity index (χ1v) is 20.7. The number of aromatic nitrogens is 4. The van der Waals surface area contributed by atoms with E-state index in [0.717, 1.165) is 103 Å². The average Bonchev–Trinajstić information content (AvgIpc) is 3.70. The summed E-state index contributed by atoms with van der Waals surface area (Å²) in [5, 5.41) is 19.0. The summed E-state index contributed by atoms with van der Waals surface area (Å²) in [7, 11) is 4.20. The fourth-order valence-corrected chi connectivity index (χ4v) is 12.7. The van der Waals surface area contributed by atoms with Gasteiger partial charge in [-0.2, -0.15) is 5.10 Å². The Kier molecular flexibility index (Phi) is 8.90. The van der Waals surface area contributed by atoms with Crippen LogP contribution in [0.1, 0.15) is 80.5 Å². The van der Waals surface area contributed by atoms with Gasteiger partial charge in [0, 0.05) is 47.7 Å². The van der Waals surface area contributed by atoms with Gasteiger partial charge in [0.2, 0.25) is 0 Å². The molecule has 292 valence electrons. The van der Waals surface area contributed by atoms with Gasteiger partial charge in [0.15, 0.2) is 10.8 Å². The number of anilines is 2. The molecule has 0 radical (unpaired) electrons. The van der Waals surface area contributed by atoms with Crippen LogP contribution < -0.4 is 10.2 Å². The fraction of sp³-hybridized carbons (Fsp3) is 0.477. The maximum absolute atomic E-state index is 13.6. The Balaban J connectivity index is 0.979. The molecular formula is C44H51N7O4S. The van der Waals surface area contributed by atoms with Crippen LogP contribution in [0.5, 0.6) is 0 Å². The third-order valence-electron chi connectivity index (χ3n) is 12.8. The number of ether oxygens (including phenoxy) is 1. The summed E-state index contributed by atoms with van der Waals surface area (Å²) in [6.45, 7) is 9.99. The fourth-order valence-electron chi connectivity index (χ4n) is 11.8. The van der Waals surface area contributed by atoms with Crippen LogP contribution in [0.4, 0.5) is 15.6 Å². The first-order chi connectivity index (χ1) is 26.7. The van der Waals surface area contributed by atoms with E-state index in [4.69, 9.17) is 14.8 Å². The average molecular weight is 774 g/mol.